The van der Waals surface area contributed by atoms with Gasteiger partial charge in [0.2, 0.25) is 0 Å². The first-order valence-electron chi connectivity index (χ1n) is 9.61. The minimum absolute atomic E-state index is 0.414. The third kappa shape index (κ3) is 4.17. The number of hydrogen-bond donors (Lipinski definition) is 1. The number of piperidine rings is 1. The summed E-state index contributed by atoms with van der Waals surface area (Å²) in [5.74, 6) is 2.16. The lowest BCUT2D eigenvalue weighted by molar-refractivity contribution is 0.169. The Morgan fingerprint density at radius 2 is 1.87 bits per heavy atom. The van der Waals surface area contributed by atoms with Gasteiger partial charge in [0.1, 0.15) is 5.76 Å². The monoisotopic (exact) mass is 317 g/mol. The summed E-state index contributed by atoms with van der Waals surface area (Å²) in [6.45, 7) is 7.38. The van der Waals surface area contributed by atoms with E-state index in [1.807, 2.05) is 12.3 Å². The van der Waals surface area contributed by atoms with Crippen LogP contribution in [0.1, 0.15) is 50.3 Å². The van der Waals surface area contributed by atoms with E-state index in [9.17, 15) is 0 Å². The summed E-state index contributed by atoms with van der Waals surface area (Å²) in [6.07, 6.45) is 10.0. The molecular formula is C19H31N3O. The van der Waals surface area contributed by atoms with E-state index in [4.69, 9.17) is 4.42 Å². The smallest absolute Gasteiger partial charge is 0.122 e. The first-order chi connectivity index (χ1) is 11.4. The lowest BCUT2D eigenvalue weighted by Gasteiger charge is -2.34. The van der Waals surface area contributed by atoms with Crippen LogP contribution in [0.2, 0.25) is 0 Å². The first kappa shape index (κ1) is 15.7. The van der Waals surface area contributed by atoms with Crippen LogP contribution in [0.25, 0.3) is 0 Å². The SMILES string of the molecule is c1coc([C@H](CNC2CCN(CC3CC3)CC2)N2CCCC2)c1. The average molecular weight is 317 g/mol. The van der Waals surface area contributed by atoms with Crippen LogP contribution < -0.4 is 5.32 Å². The standard InChI is InChI=1S/C19H31N3O/c1-2-10-22(9-1)18(19-4-3-13-23-19)14-20-17-7-11-21(12-8-17)15-16-5-6-16/h3-4,13,16-18,20H,1-2,5-12,14-15H2/t18-/m0/s1. The molecule has 0 spiro atoms. The van der Waals surface area contributed by atoms with Gasteiger partial charge >= 0.3 is 0 Å². The van der Waals surface area contributed by atoms with Gasteiger partial charge in [-0.25, -0.2) is 0 Å². The van der Waals surface area contributed by atoms with E-state index in [1.54, 1.807) is 0 Å². The van der Waals surface area contributed by atoms with Gasteiger partial charge in [-0.15, -0.1) is 0 Å². The van der Waals surface area contributed by atoms with Crippen LogP contribution in [0.5, 0.6) is 0 Å². The summed E-state index contributed by atoms with van der Waals surface area (Å²) < 4.78 is 5.73. The number of likely N-dealkylation sites (tertiary alicyclic amines) is 2. The molecule has 3 fully saturated rings. The van der Waals surface area contributed by atoms with Crippen molar-refractivity contribution in [1.82, 2.24) is 15.1 Å². The Kier molecular flexibility index (Phi) is 5.02. The van der Waals surface area contributed by atoms with Crippen LogP contribution >= 0.6 is 0 Å². The van der Waals surface area contributed by atoms with Crippen molar-refractivity contribution >= 4 is 0 Å². The number of nitrogens with zero attached hydrogens (tertiary/aromatic N) is 2. The van der Waals surface area contributed by atoms with Gasteiger partial charge in [-0.2, -0.15) is 0 Å². The molecule has 0 aromatic carbocycles. The molecule has 1 N–H and O–H groups in total. The number of furan rings is 1. The van der Waals surface area contributed by atoms with Gasteiger partial charge in [0.15, 0.2) is 0 Å². The van der Waals surface area contributed by atoms with E-state index in [-0.39, 0.29) is 0 Å². The summed E-state index contributed by atoms with van der Waals surface area (Å²) in [7, 11) is 0. The van der Waals surface area contributed by atoms with Gasteiger partial charge < -0.3 is 14.6 Å². The van der Waals surface area contributed by atoms with Crippen molar-refractivity contribution in [3.05, 3.63) is 24.2 Å². The Bertz CT molecular complexity index is 457. The fraction of sp³-hybridized carbons (Fsp3) is 0.789. The van der Waals surface area contributed by atoms with Crippen molar-refractivity contribution in [2.45, 2.75) is 50.6 Å². The molecule has 4 rings (SSSR count). The van der Waals surface area contributed by atoms with Crippen molar-refractivity contribution < 1.29 is 4.42 Å². The minimum atomic E-state index is 0.414. The molecule has 3 aliphatic rings. The van der Waals surface area contributed by atoms with Crippen molar-refractivity contribution in [1.29, 1.82) is 0 Å². The van der Waals surface area contributed by atoms with Crippen LogP contribution in [0.3, 0.4) is 0 Å². The Morgan fingerprint density at radius 1 is 1.09 bits per heavy atom. The first-order valence-corrected chi connectivity index (χ1v) is 9.61. The van der Waals surface area contributed by atoms with Gasteiger partial charge in [0, 0.05) is 19.1 Å². The number of nitrogens with one attached hydrogen (secondary N) is 1. The normalized spacial score (nSPS) is 25.9. The van der Waals surface area contributed by atoms with Gasteiger partial charge in [-0.3, -0.25) is 4.90 Å². The summed E-state index contributed by atoms with van der Waals surface area (Å²) >= 11 is 0. The van der Waals surface area contributed by atoms with Crippen LogP contribution in [0, 0.1) is 5.92 Å². The highest BCUT2D eigenvalue weighted by Gasteiger charge is 2.29. The Labute approximate surface area is 140 Å². The van der Waals surface area contributed by atoms with E-state index >= 15 is 0 Å². The molecule has 2 aliphatic heterocycles. The summed E-state index contributed by atoms with van der Waals surface area (Å²) in [6, 6.07) is 5.26. The predicted octanol–water partition coefficient (Wildman–Crippen LogP) is 2.88. The topological polar surface area (TPSA) is 31.7 Å². The summed E-state index contributed by atoms with van der Waals surface area (Å²) in [5.41, 5.74) is 0. The van der Waals surface area contributed by atoms with E-state index < -0.39 is 0 Å². The minimum Gasteiger partial charge on any atom is -0.468 e. The molecule has 1 aromatic rings. The maximum atomic E-state index is 5.73. The van der Waals surface area contributed by atoms with Gasteiger partial charge in [0.05, 0.1) is 12.3 Å². The summed E-state index contributed by atoms with van der Waals surface area (Å²) in [5, 5.41) is 3.85. The van der Waals surface area contributed by atoms with E-state index in [0.29, 0.717) is 12.1 Å². The van der Waals surface area contributed by atoms with Gasteiger partial charge in [0.25, 0.3) is 0 Å². The highest BCUT2D eigenvalue weighted by atomic mass is 16.3. The molecule has 128 valence electrons. The van der Waals surface area contributed by atoms with Crippen molar-refractivity contribution in [3.8, 4) is 0 Å². The van der Waals surface area contributed by atoms with E-state index in [0.717, 1.165) is 18.2 Å². The lowest BCUT2D eigenvalue weighted by Crippen LogP contribution is -2.45. The Hall–Kier alpha value is -0.840. The Morgan fingerprint density at radius 3 is 2.52 bits per heavy atom. The molecule has 0 amide bonds. The van der Waals surface area contributed by atoms with E-state index in [1.165, 1.54) is 71.2 Å². The lowest BCUT2D eigenvalue weighted by atomic mass is 10.0. The highest BCUT2D eigenvalue weighted by Crippen LogP contribution is 2.30. The highest BCUT2D eigenvalue weighted by molar-refractivity contribution is 5.06. The second-order valence-corrected chi connectivity index (χ2v) is 7.70. The van der Waals surface area contributed by atoms with Crippen molar-refractivity contribution in [2.75, 3.05) is 39.3 Å². The third-order valence-corrected chi connectivity index (χ3v) is 5.85. The molecule has 1 saturated carbocycles. The third-order valence-electron chi connectivity index (χ3n) is 5.85. The van der Waals surface area contributed by atoms with Gasteiger partial charge in [-0.05, 0) is 82.8 Å². The quantitative estimate of drug-likeness (QED) is 0.838. The van der Waals surface area contributed by atoms with Crippen molar-refractivity contribution in [3.63, 3.8) is 0 Å². The second-order valence-electron chi connectivity index (χ2n) is 7.70. The largest absolute Gasteiger partial charge is 0.468 e. The fourth-order valence-corrected chi connectivity index (χ4v) is 4.21. The Balaban J connectivity index is 1.26. The van der Waals surface area contributed by atoms with Crippen LogP contribution in [-0.4, -0.2) is 55.1 Å². The van der Waals surface area contributed by atoms with Crippen LogP contribution in [0.4, 0.5) is 0 Å². The maximum Gasteiger partial charge on any atom is 0.122 e. The molecule has 1 aromatic heterocycles. The molecule has 23 heavy (non-hydrogen) atoms. The zero-order valence-electron chi connectivity index (χ0n) is 14.3. The van der Waals surface area contributed by atoms with Crippen LogP contribution in [-0.2, 0) is 0 Å². The molecular weight excluding hydrogens is 286 g/mol. The second kappa shape index (κ2) is 7.37. The molecule has 4 nitrogen and oxygen atoms in total. The number of hydrogen-bond acceptors (Lipinski definition) is 4. The fourth-order valence-electron chi connectivity index (χ4n) is 4.21. The zero-order valence-corrected chi connectivity index (χ0v) is 14.3. The molecule has 2 saturated heterocycles. The molecule has 0 bridgehead atoms. The molecule has 1 atom stereocenters. The number of rotatable bonds is 7. The van der Waals surface area contributed by atoms with Crippen LogP contribution in [0.15, 0.2) is 22.8 Å². The molecule has 4 heteroatoms. The summed E-state index contributed by atoms with van der Waals surface area (Å²) in [4.78, 5) is 5.27. The van der Waals surface area contributed by atoms with Crippen molar-refractivity contribution in [2.24, 2.45) is 5.92 Å². The molecule has 0 unspecified atom stereocenters. The molecule has 3 heterocycles. The maximum absolute atomic E-state index is 5.73. The average Bonchev–Trinajstić information content (AvgIpc) is 3.06. The van der Waals surface area contributed by atoms with E-state index in [2.05, 4.69) is 21.2 Å². The van der Waals surface area contributed by atoms with Gasteiger partial charge in [-0.1, -0.05) is 0 Å². The zero-order chi connectivity index (χ0) is 15.5. The molecule has 0 radical (unpaired) electrons. The molecule has 1 aliphatic carbocycles. The predicted molar refractivity (Wildman–Crippen MR) is 92.4 cm³/mol.